The molecule has 2 fully saturated rings. The van der Waals surface area contributed by atoms with E-state index in [1.807, 2.05) is 13.8 Å². The molecular weight excluding hydrogens is 246 g/mol. The highest BCUT2D eigenvalue weighted by molar-refractivity contribution is 5.98. The number of carbonyl (C=O) groups excluding carboxylic acids is 2. The number of hydrogen-bond donors (Lipinski definition) is 1. The summed E-state index contributed by atoms with van der Waals surface area (Å²) in [4.78, 5) is 36.6. The molecule has 106 valence electrons. The number of rotatable bonds is 2. The first-order valence-electron chi connectivity index (χ1n) is 6.88. The predicted octanol–water partition coefficient (Wildman–Crippen LogP) is 1.80. The van der Waals surface area contributed by atoms with Gasteiger partial charge in [0.1, 0.15) is 0 Å². The molecule has 0 atom stereocenters. The van der Waals surface area contributed by atoms with Crippen molar-refractivity contribution in [2.45, 2.75) is 58.4 Å². The molecule has 0 aromatic heterocycles. The molecular formula is C14H21NO4. The molecule has 2 rings (SSSR count). The van der Waals surface area contributed by atoms with E-state index in [0.29, 0.717) is 38.5 Å². The summed E-state index contributed by atoms with van der Waals surface area (Å²) < 4.78 is 0. The van der Waals surface area contributed by atoms with Crippen molar-refractivity contribution < 1.29 is 19.5 Å². The van der Waals surface area contributed by atoms with Gasteiger partial charge in [0.05, 0.1) is 5.92 Å². The van der Waals surface area contributed by atoms with Crippen molar-refractivity contribution in [2.75, 3.05) is 0 Å². The molecule has 0 aromatic carbocycles. The lowest BCUT2D eigenvalue weighted by molar-refractivity contribution is -0.156. The Morgan fingerprint density at radius 1 is 1.11 bits per heavy atom. The largest absolute Gasteiger partial charge is 0.481 e. The summed E-state index contributed by atoms with van der Waals surface area (Å²) >= 11 is 0. The van der Waals surface area contributed by atoms with Crippen molar-refractivity contribution in [3.05, 3.63) is 0 Å². The third kappa shape index (κ3) is 2.96. The summed E-state index contributed by atoms with van der Waals surface area (Å²) in [5.41, 5.74) is -0.247. The van der Waals surface area contributed by atoms with Crippen molar-refractivity contribution in [1.82, 2.24) is 4.90 Å². The average Bonchev–Trinajstić information content (AvgIpc) is 2.26. The molecule has 1 aliphatic heterocycles. The summed E-state index contributed by atoms with van der Waals surface area (Å²) in [6, 6.07) is -0.0910. The van der Waals surface area contributed by atoms with Gasteiger partial charge in [-0.25, -0.2) is 0 Å². The van der Waals surface area contributed by atoms with E-state index in [4.69, 9.17) is 5.11 Å². The van der Waals surface area contributed by atoms with Crippen LogP contribution >= 0.6 is 0 Å². The van der Waals surface area contributed by atoms with Crippen LogP contribution in [0, 0.1) is 11.3 Å². The molecule has 1 heterocycles. The zero-order valence-corrected chi connectivity index (χ0v) is 11.5. The molecule has 2 aliphatic rings. The van der Waals surface area contributed by atoms with Crippen LogP contribution in [0.1, 0.15) is 52.4 Å². The lowest BCUT2D eigenvalue weighted by Gasteiger charge is -2.41. The minimum atomic E-state index is -0.768. The van der Waals surface area contributed by atoms with Gasteiger partial charge in [-0.05, 0) is 31.1 Å². The quantitative estimate of drug-likeness (QED) is 0.774. The Bertz CT molecular complexity index is 388. The molecule has 0 aromatic rings. The van der Waals surface area contributed by atoms with Gasteiger partial charge < -0.3 is 5.11 Å². The number of piperidine rings is 1. The highest BCUT2D eigenvalue weighted by Crippen LogP contribution is 2.36. The van der Waals surface area contributed by atoms with Gasteiger partial charge in [0.2, 0.25) is 11.8 Å². The predicted molar refractivity (Wildman–Crippen MR) is 68.2 cm³/mol. The number of nitrogens with zero attached hydrogens (tertiary/aromatic N) is 1. The van der Waals surface area contributed by atoms with Gasteiger partial charge in [-0.2, -0.15) is 0 Å². The fourth-order valence-electron chi connectivity index (χ4n) is 3.18. The van der Waals surface area contributed by atoms with Gasteiger partial charge in [-0.1, -0.05) is 13.8 Å². The number of hydrogen-bond acceptors (Lipinski definition) is 3. The highest BCUT2D eigenvalue weighted by atomic mass is 16.4. The zero-order chi connectivity index (χ0) is 14.2. The Morgan fingerprint density at radius 2 is 1.58 bits per heavy atom. The second-order valence-electron chi connectivity index (χ2n) is 6.52. The number of imide groups is 1. The van der Waals surface area contributed by atoms with Crippen LogP contribution in [-0.4, -0.2) is 33.8 Å². The number of carboxylic acids is 1. The van der Waals surface area contributed by atoms with E-state index in [0.717, 1.165) is 0 Å². The second kappa shape index (κ2) is 4.94. The van der Waals surface area contributed by atoms with Gasteiger partial charge in [0, 0.05) is 18.9 Å². The Kier molecular flexibility index (Phi) is 3.65. The fraction of sp³-hybridized carbons (Fsp3) is 0.786. The molecule has 19 heavy (non-hydrogen) atoms. The van der Waals surface area contributed by atoms with Crippen LogP contribution in [0.2, 0.25) is 0 Å². The van der Waals surface area contributed by atoms with E-state index in [2.05, 4.69) is 0 Å². The summed E-state index contributed by atoms with van der Waals surface area (Å²) in [6.45, 7) is 3.86. The molecule has 1 aliphatic carbocycles. The third-order valence-electron chi connectivity index (χ3n) is 4.21. The Labute approximate surface area is 113 Å². The van der Waals surface area contributed by atoms with E-state index >= 15 is 0 Å². The molecule has 1 N–H and O–H groups in total. The summed E-state index contributed by atoms with van der Waals surface area (Å²) in [6.07, 6.45) is 3.15. The van der Waals surface area contributed by atoms with Gasteiger partial charge in [-0.3, -0.25) is 19.3 Å². The normalized spacial score (nSPS) is 31.4. The van der Waals surface area contributed by atoms with E-state index in [9.17, 15) is 14.4 Å². The number of carboxylic acid groups (broad SMARTS) is 1. The highest BCUT2D eigenvalue weighted by Gasteiger charge is 2.42. The minimum absolute atomic E-state index is 0.0910. The van der Waals surface area contributed by atoms with Crippen molar-refractivity contribution in [3.8, 4) is 0 Å². The van der Waals surface area contributed by atoms with E-state index in [-0.39, 0.29) is 29.2 Å². The van der Waals surface area contributed by atoms with Gasteiger partial charge >= 0.3 is 5.97 Å². The van der Waals surface area contributed by atoms with Crippen LogP contribution in [0.15, 0.2) is 0 Å². The molecule has 1 saturated heterocycles. The van der Waals surface area contributed by atoms with Gasteiger partial charge in [0.15, 0.2) is 0 Å². The maximum Gasteiger partial charge on any atom is 0.306 e. The molecule has 0 radical (unpaired) electrons. The lowest BCUT2D eigenvalue weighted by atomic mass is 9.79. The van der Waals surface area contributed by atoms with Crippen LogP contribution in [0.5, 0.6) is 0 Å². The molecule has 0 bridgehead atoms. The molecule has 0 spiro atoms. The Hall–Kier alpha value is -1.39. The maximum atomic E-state index is 12.1. The smallest absolute Gasteiger partial charge is 0.306 e. The van der Waals surface area contributed by atoms with Crippen molar-refractivity contribution in [2.24, 2.45) is 11.3 Å². The van der Waals surface area contributed by atoms with Crippen LogP contribution in [0.4, 0.5) is 0 Å². The van der Waals surface area contributed by atoms with Crippen molar-refractivity contribution >= 4 is 17.8 Å². The van der Waals surface area contributed by atoms with Crippen molar-refractivity contribution in [1.29, 1.82) is 0 Å². The molecule has 2 amide bonds. The summed E-state index contributed by atoms with van der Waals surface area (Å²) in [7, 11) is 0. The second-order valence-corrected chi connectivity index (χ2v) is 6.52. The van der Waals surface area contributed by atoms with E-state index in [1.54, 1.807) is 0 Å². The molecule has 0 unspecified atom stereocenters. The molecule has 5 nitrogen and oxygen atoms in total. The SMILES string of the molecule is CC1(C)CC(=O)N(C2CCC(C(=O)O)CC2)C(=O)C1. The maximum absolute atomic E-state index is 12.1. The lowest BCUT2D eigenvalue weighted by Crippen LogP contribution is -2.52. The number of carbonyl (C=O) groups is 3. The first-order valence-corrected chi connectivity index (χ1v) is 6.88. The Balaban J connectivity index is 2.01. The topological polar surface area (TPSA) is 74.7 Å². The number of aliphatic carboxylic acids is 1. The molecule has 1 saturated carbocycles. The third-order valence-corrected chi connectivity index (χ3v) is 4.21. The standard InChI is InChI=1S/C14H21NO4/c1-14(2)7-11(16)15(12(17)8-14)10-5-3-9(4-6-10)13(18)19/h9-10H,3-8H2,1-2H3,(H,18,19). The average molecular weight is 267 g/mol. The van der Waals surface area contributed by atoms with Crippen LogP contribution in [0.3, 0.4) is 0 Å². The minimum Gasteiger partial charge on any atom is -0.481 e. The van der Waals surface area contributed by atoms with E-state index in [1.165, 1.54) is 4.90 Å². The zero-order valence-electron chi connectivity index (χ0n) is 11.5. The fourth-order valence-corrected chi connectivity index (χ4v) is 3.18. The monoisotopic (exact) mass is 267 g/mol. The number of likely N-dealkylation sites (tertiary alicyclic amines) is 1. The van der Waals surface area contributed by atoms with Gasteiger partial charge in [0.25, 0.3) is 0 Å². The molecule has 5 heteroatoms. The van der Waals surface area contributed by atoms with Crippen LogP contribution in [0.25, 0.3) is 0 Å². The van der Waals surface area contributed by atoms with Crippen LogP contribution < -0.4 is 0 Å². The first kappa shape index (κ1) is 14.0. The Morgan fingerprint density at radius 3 is 2.00 bits per heavy atom. The van der Waals surface area contributed by atoms with Crippen molar-refractivity contribution in [3.63, 3.8) is 0 Å². The first-order chi connectivity index (χ1) is 8.80. The van der Waals surface area contributed by atoms with E-state index < -0.39 is 5.97 Å². The summed E-state index contributed by atoms with van der Waals surface area (Å²) in [5, 5.41) is 8.96. The van der Waals surface area contributed by atoms with Gasteiger partial charge in [-0.15, -0.1) is 0 Å². The summed E-state index contributed by atoms with van der Waals surface area (Å²) in [5.74, 6) is -1.28. The van der Waals surface area contributed by atoms with Crippen LogP contribution in [-0.2, 0) is 14.4 Å². The number of amides is 2.